The number of carbonyl (C=O) groups is 3. The highest BCUT2D eigenvalue weighted by Crippen LogP contribution is 2.46. The number of alkyl halides is 2. The van der Waals surface area contributed by atoms with E-state index in [2.05, 4.69) is 20.3 Å². The lowest BCUT2D eigenvalue weighted by molar-refractivity contribution is -0.138. The van der Waals surface area contributed by atoms with Gasteiger partial charge in [-0.1, -0.05) is 24.3 Å². The van der Waals surface area contributed by atoms with Gasteiger partial charge in [0.2, 0.25) is 5.91 Å². The molecular weight excluding hydrogens is 537 g/mol. The largest absolute Gasteiger partial charge is 0.351 e. The molecule has 41 heavy (non-hydrogen) atoms. The van der Waals surface area contributed by atoms with Crippen molar-refractivity contribution in [3.05, 3.63) is 59.7 Å². The maximum absolute atomic E-state index is 14.7. The standard InChI is InChI=1S/C29H29F3N6O3/c1-17-13-33-16-24(35-17)37-23(6-7-25(37)39)26(40)38(21-10-19(30)14-34-15-21)29(9-8-18-4-2-3-5-22(18)29)27(41)36-20-11-28(31,32)12-20/h2-5,10,14-17,20,23H,6-9,11-13H2,1H3,(H,36,41)/t17?,23-,29-/m0/s1. The van der Waals surface area contributed by atoms with E-state index < -0.39 is 54.0 Å². The Hall–Kier alpha value is -4.09. The first-order valence-corrected chi connectivity index (χ1v) is 13.7. The summed E-state index contributed by atoms with van der Waals surface area (Å²) in [6.45, 7) is 2.29. The van der Waals surface area contributed by atoms with Crippen molar-refractivity contribution in [3.8, 4) is 0 Å². The van der Waals surface area contributed by atoms with Crippen LogP contribution in [0.4, 0.5) is 18.9 Å². The summed E-state index contributed by atoms with van der Waals surface area (Å²) in [4.78, 5) is 57.3. The quantitative estimate of drug-likeness (QED) is 0.600. The molecule has 6 rings (SSSR count). The fourth-order valence-electron chi connectivity index (χ4n) is 6.35. The molecule has 12 heteroatoms. The summed E-state index contributed by atoms with van der Waals surface area (Å²) in [7, 11) is 0. The van der Waals surface area contributed by atoms with E-state index in [0.717, 1.165) is 17.8 Å². The van der Waals surface area contributed by atoms with Crippen molar-refractivity contribution in [2.75, 3.05) is 11.4 Å². The Kier molecular flexibility index (Phi) is 6.66. The fraction of sp³-hybridized carbons (Fsp3) is 0.448. The summed E-state index contributed by atoms with van der Waals surface area (Å²) in [5, 5.41) is 2.74. The van der Waals surface area contributed by atoms with Gasteiger partial charge in [0.25, 0.3) is 17.7 Å². The summed E-state index contributed by atoms with van der Waals surface area (Å²) in [6, 6.07) is 6.21. The van der Waals surface area contributed by atoms with Gasteiger partial charge in [0.15, 0.2) is 5.54 Å². The van der Waals surface area contributed by atoms with Gasteiger partial charge < -0.3 is 5.32 Å². The van der Waals surface area contributed by atoms with Crippen LogP contribution in [0.1, 0.15) is 50.2 Å². The number of nitrogens with zero attached hydrogens (tertiary/aromatic N) is 5. The monoisotopic (exact) mass is 566 g/mol. The van der Waals surface area contributed by atoms with Gasteiger partial charge in [0, 0.05) is 31.4 Å². The van der Waals surface area contributed by atoms with Crippen LogP contribution in [0.3, 0.4) is 0 Å². The number of hydrogen-bond acceptors (Lipinski definition) is 6. The Bertz CT molecular complexity index is 1470. The number of pyridine rings is 1. The van der Waals surface area contributed by atoms with E-state index in [4.69, 9.17) is 0 Å². The summed E-state index contributed by atoms with van der Waals surface area (Å²) in [5.74, 6) is -4.92. The smallest absolute Gasteiger partial charge is 0.252 e. The second-order valence-corrected chi connectivity index (χ2v) is 11.1. The van der Waals surface area contributed by atoms with E-state index in [1.807, 2.05) is 19.1 Å². The Balaban J connectivity index is 1.48. The number of amidine groups is 1. The molecule has 2 aliphatic heterocycles. The number of rotatable bonds is 5. The van der Waals surface area contributed by atoms with Gasteiger partial charge in [-0.2, -0.15) is 0 Å². The van der Waals surface area contributed by atoms with E-state index in [9.17, 15) is 27.6 Å². The van der Waals surface area contributed by atoms with Crippen molar-refractivity contribution in [2.45, 2.75) is 75.0 Å². The SMILES string of the molecule is CC1CN=CC(N2C(=O)CC[C@H]2C(=O)N(c2cncc(F)c2)[C@@]2(C(=O)NC3CC(F)(F)C3)CCc3ccccc32)=N1. The Morgan fingerprint density at radius 1 is 1.15 bits per heavy atom. The van der Waals surface area contributed by atoms with E-state index in [1.165, 1.54) is 22.2 Å². The molecule has 0 radical (unpaired) electrons. The highest BCUT2D eigenvalue weighted by Gasteiger charge is 2.57. The third kappa shape index (κ3) is 4.68. The van der Waals surface area contributed by atoms with Crippen molar-refractivity contribution < 1.29 is 27.6 Å². The third-order valence-electron chi connectivity index (χ3n) is 8.24. The number of fused-ring (bicyclic) bond motifs is 1. The summed E-state index contributed by atoms with van der Waals surface area (Å²) >= 11 is 0. The van der Waals surface area contributed by atoms with Crippen LogP contribution < -0.4 is 10.2 Å². The highest BCUT2D eigenvalue weighted by atomic mass is 19.3. The number of carbonyl (C=O) groups excluding carboxylic acids is 3. The van der Waals surface area contributed by atoms with E-state index >= 15 is 0 Å². The first kappa shape index (κ1) is 27.1. The first-order valence-electron chi connectivity index (χ1n) is 13.7. The molecule has 2 fully saturated rings. The van der Waals surface area contributed by atoms with Crippen LogP contribution >= 0.6 is 0 Å². The molecule has 1 aromatic carbocycles. The average molecular weight is 567 g/mol. The molecule has 1 saturated heterocycles. The van der Waals surface area contributed by atoms with Crippen molar-refractivity contribution in [1.82, 2.24) is 15.2 Å². The molecular formula is C29H29F3N6O3. The molecule has 1 saturated carbocycles. The maximum Gasteiger partial charge on any atom is 0.252 e. The fourth-order valence-corrected chi connectivity index (χ4v) is 6.35. The van der Waals surface area contributed by atoms with Crippen molar-refractivity contribution in [2.24, 2.45) is 9.98 Å². The Morgan fingerprint density at radius 2 is 1.93 bits per heavy atom. The number of benzene rings is 1. The van der Waals surface area contributed by atoms with Crippen LogP contribution in [0.15, 0.2) is 52.7 Å². The molecule has 0 bridgehead atoms. The lowest BCUT2D eigenvalue weighted by Crippen LogP contribution is -2.64. The normalized spacial score (nSPS) is 26.8. The molecule has 1 N–H and O–H groups in total. The molecule has 3 atom stereocenters. The second-order valence-electron chi connectivity index (χ2n) is 11.1. The number of aryl methyl sites for hydroxylation is 1. The van der Waals surface area contributed by atoms with Crippen LogP contribution in [0.2, 0.25) is 0 Å². The van der Waals surface area contributed by atoms with Crippen LogP contribution in [-0.4, -0.2) is 70.2 Å². The van der Waals surface area contributed by atoms with Crippen LogP contribution in [-0.2, 0) is 26.3 Å². The molecule has 214 valence electrons. The summed E-state index contributed by atoms with van der Waals surface area (Å²) in [6.07, 6.45) is 3.48. The van der Waals surface area contributed by atoms with Gasteiger partial charge in [0.05, 0.1) is 36.9 Å². The molecule has 0 spiro atoms. The van der Waals surface area contributed by atoms with Gasteiger partial charge in [-0.3, -0.25) is 39.2 Å². The molecule has 3 amide bonds. The number of anilines is 1. The number of nitrogens with one attached hydrogen (secondary N) is 1. The number of aromatic nitrogens is 1. The van der Waals surface area contributed by atoms with E-state index in [1.54, 1.807) is 12.1 Å². The minimum absolute atomic E-state index is 0.0210. The van der Waals surface area contributed by atoms with Crippen LogP contribution in [0, 0.1) is 5.82 Å². The summed E-state index contributed by atoms with van der Waals surface area (Å²) < 4.78 is 42.0. The van der Waals surface area contributed by atoms with Gasteiger partial charge in [-0.15, -0.1) is 0 Å². The van der Waals surface area contributed by atoms with Crippen molar-refractivity contribution >= 4 is 35.5 Å². The van der Waals surface area contributed by atoms with Crippen LogP contribution in [0.25, 0.3) is 0 Å². The minimum atomic E-state index is -2.87. The average Bonchev–Trinajstić information content (AvgIpc) is 3.49. The highest BCUT2D eigenvalue weighted by molar-refractivity contribution is 6.34. The Labute approximate surface area is 234 Å². The van der Waals surface area contributed by atoms with Crippen molar-refractivity contribution in [3.63, 3.8) is 0 Å². The van der Waals surface area contributed by atoms with E-state index in [-0.39, 0.29) is 42.7 Å². The third-order valence-corrected chi connectivity index (χ3v) is 8.24. The number of halogens is 3. The molecule has 3 heterocycles. The second kappa shape index (κ2) is 10.1. The minimum Gasteiger partial charge on any atom is -0.351 e. The molecule has 9 nitrogen and oxygen atoms in total. The zero-order valence-electron chi connectivity index (χ0n) is 22.4. The topological polar surface area (TPSA) is 107 Å². The number of likely N-dealkylation sites (tertiary alicyclic amines) is 1. The zero-order valence-corrected chi connectivity index (χ0v) is 22.4. The molecule has 2 aliphatic carbocycles. The Morgan fingerprint density at radius 3 is 2.66 bits per heavy atom. The van der Waals surface area contributed by atoms with Crippen LogP contribution in [0.5, 0.6) is 0 Å². The number of hydrogen-bond donors (Lipinski definition) is 1. The zero-order chi connectivity index (χ0) is 28.9. The first-order chi connectivity index (χ1) is 19.6. The molecule has 1 aromatic heterocycles. The van der Waals surface area contributed by atoms with Gasteiger partial charge in [-0.05, 0) is 37.3 Å². The van der Waals surface area contributed by atoms with E-state index in [0.29, 0.717) is 18.5 Å². The lowest BCUT2D eigenvalue weighted by Gasteiger charge is -2.44. The summed E-state index contributed by atoms with van der Waals surface area (Å²) in [5.41, 5.74) is -0.350. The number of aliphatic imine (C=N–C) groups is 2. The van der Waals surface area contributed by atoms with Gasteiger partial charge in [-0.25, -0.2) is 13.2 Å². The molecule has 4 aliphatic rings. The maximum atomic E-state index is 14.7. The molecule has 2 aromatic rings. The van der Waals surface area contributed by atoms with Crippen molar-refractivity contribution in [1.29, 1.82) is 0 Å². The lowest BCUT2D eigenvalue weighted by atomic mass is 9.83. The predicted octanol–water partition coefficient (Wildman–Crippen LogP) is 3.17. The van der Waals surface area contributed by atoms with Gasteiger partial charge >= 0.3 is 0 Å². The number of amides is 3. The van der Waals surface area contributed by atoms with Gasteiger partial charge in [0.1, 0.15) is 17.7 Å². The predicted molar refractivity (Wildman–Crippen MR) is 144 cm³/mol. The molecule has 1 unspecified atom stereocenters.